The molecule has 1 amide bonds. The van der Waals surface area contributed by atoms with Gasteiger partial charge in [-0.3, -0.25) is 4.79 Å². The number of anilines is 1. The summed E-state index contributed by atoms with van der Waals surface area (Å²) < 4.78 is 19.0. The molecular formula is C14H10ClFN2O2. The van der Waals surface area contributed by atoms with E-state index >= 15 is 0 Å². The first kappa shape index (κ1) is 12.9. The molecule has 0 bridgehead atoms. The van der Waals surface area contributed by atoms with Crippen LogP contribution in [0.3, 0.4) is 0 Å². The lowest BCUT2D eigenvalue weighted by Gasteiger charge is -2.10. The fourth-order valence-corrected chi connectivity index (χ4v) is 2.22. The standard InChI is InChI=1S/C14H10ClFN2O2/c15-8-5-7-10(18-14(19)13(7)17)6-12(8)20-11-4-2-1-3-9(11)16/h1-6,13H,17H2,(H,18,19). The zero-order valence-electron chi connectivity index (χ0n) is 10.2. The topological polar surface area (TPSA) is 64.4 Å². The molecule has 2 aromatic carbocycles. The van der Waals surface area contributed by atoms with Gasteiger partial charge in [-0.25, -0.2) is 4.39 Å². The zero-order valence-corrected chi connectivity index (χ0v) is 10.9. The molecule has 0 aliphatic carbocycles. The van der Waals surface area contributed by atoms with E-state index in [4.69, 9.17) is 22.1 Å². The quantitative estimate of drug-likeness (QED) is 0.893. The van der Waals surface area contributed by atoms with Crippen LogP contribution < -0.4 is 15.8 Å². The van der Waals surface area contributed by atoms with E-state index in [1.165, 1.54) is 18.2 Å². The summed E-state index contributed by atoms with van der Waals surface area (Å²) in [5.74, 6) is -0.489. The number of benzene rings is 2. The fraction of sp³-hybridized carbons (Fsp3) is 0.0714. The van der Waals surface area contributed by atoms with Crippen LogP contribution in [0.2, 0.25) is 5.02 Å². The summed E-state index contributed by atoms with van der Waals surface area (Å²) in [6.07, 6.45) is 0. The Kier molecular flexibility index (Phi) is 3.08. The molecule has 1 heterocycles. The van der Waals surface area contributed by atoms with Crippen molar-refractivity contribution in [3.63, 3.8) is 0 Å². The smallest absolute Gasteiger partial charge is 0.245 e. The number of nitrogens with two attached hydrogens (primary N) is 1. The van der Waals surface area contributed by atoms with Crippen LogP contribution in [0.1, 0.15) is 11.6 Å². The molecule has 0 saturated carbocycles. The summed E-state index contributed by atoms with van der Waals surface area (Å²) in [5, 5.41) is 2.88. The van der Waals surface area contributed by atoms with Gasteiger partial charge in [-0.2, -0.15) is 0 Å². The molecule has 1 unspecified atom stereocenters. The Bertz CT molecular complexity index is 706. The largest absolute Gasteiger partial charge is 0.453 e. The highest BCUT2D eigenvalue weighted by molar-refractivity contribution is 6.32. The minimum atomic E-state index is -0.745. The Labute approximate surface area is 119 Å². The summed E-state index contributed by atoms with van der Waals surface area (Å²) >= 11 is 6.08. The van der Waals surface area contributed by atoms with Crippen molar-refractivity contribution in [2.45, 2.75) is 6.04 Å². The Morgan fingerprint density at radius 2 is 2.00 bits per heavy atom. The first-order valence-corrected chi connectivity index (χ1v) is 6.26. The maximum absolute atomic E-state index is 13.5. The van der Waals surface area contributed by atoms with Gasteiger partial charge in [0, 0.05) is 17.3 Å². The van der Waals surface area contributed by atoms with Crippen LogP contribution in [0.15, 0.2) is 36.4 Å². The highest BCUT2D eigenvalue weighted by Crippen LogP contribution is 2.39. The predicted molar refractivity (Wildman–Crippen MR) is 73.5 cm³/mol. The molecule has 1 atom stereocenters. The van der Waals surface area contributed by atoms with Gasteiger partial charge in [0.05, 0.1) is 5.02 Å². The molecule has 0 radical (unpaired) electrons. The molecule has 3 N–H and O–H groups in total. The van der Waals surface area contributed by atoms with Gasteiger partial charge in [-0.1, -0.05) is 23.7 Å². The van der Waals surface area contributed by atoms with Crippen LogP contribution in [0, 0.1) is 5.82 Å². The molecule has 0 aromatic heterocycles. The molecule has 0 spiro atoms. The van der Waals surface area contributed by atoms with Crippen LogP contribution in [0.5, 0.6) is 11.5 Å². The second kappa shape index (κ2) is 4.77. The number of rotatable bonds is 2. The van der Waals surface area contributed by atoms with Gasteiger partial charge in [-0.15, -0.1) is 0 Å². The van der Waals surface area contributed by atoms with Gasteiger partial charge in [0.25, 0.3) is 0 Å². The van der Waals surface area contributed by atoms with E-state index in [0.717, 1.165) is 0 Å². The highest BCUT2D eigenvalue weighted by atomic mass is 35.5. The molecule has 0 fully saturated rings. The number of hydrogen-bond acceptors (Lipinski definition) is 3. The Morgan fingerprint density at radius 3 is 2.75 bits per heavy atom. The Morgan fingerprint density at radius 1 is 1.25 bits per heavy atom. The van der Waals surface area contributed by atoms with Crippen molar-refractivity contribution in [2.75, 3.05) is 5.32 Å². The van der Waals surface area contributed by atoms with Crippen molar-refractivity contribution in [3.05, 3.63) is 52.8 Å². The Hall–Kier alpha value is -2.11. The monoisotopic (exact) mass is 292 g/mol. The number of amides is 1. The van der Waals surface area contributed by atoms with E-state index in [-0.39, 0.29) is 22.4 Å². The predicted octanol–water partition coefficient (Wildman–Crippen LogP) is 3.22. The molecule has 20 heavy (non-hydrogen) atoms. The number of fused-ring (bicyclic) bond motifs is 1. The number of hydrogen-bond donors (Lipinski definition) is 2. The van der Waals surface area contributed by atoms with E-state index in [2.05, 4.69) is 5.32 Å². The third-order valence-corrected chi connectivity index (χ3v) is 3.33. The van der Waals surface area contributed by atoms with Gasteiger partial charge in [0.15, 0.2) is 11.6 Å². The van der Waals surface area contributed by atoms with Crippen LogP contribution in [0.25, 0.3) is 0 Å². The first-order chi connectivity index (χ1) is 9.56. The van der Waals surface area contributed by atoms with E-state index in [1.807, 2.05) is 0 Å². The molecular weight excluding hydrogens is 283 g/mol. The van der Waals surface area contributed by atoms with Gasteiger partial charge in [-0.05, 0) is 18.2 Å². The van der Waals surface area contributed by atoms with E-state index in [0.29, 0.717) is 11.3 Å². The Balaban J connectivity index is 1.99. The minimum Gasteiger partial charge on any atom is -0.453 e. The SMILES string of the molecule is NC1C(=O)Nc2cc(Oc3ccccc3F)c(Cl)cc21. The van der Waals surface area contributed by atoms with Crippen molar-refractivity contribution < 1.29 is 13.9 Å². The van der Waals surface area contributed by atoms with Crippen LogP contribution >= 0.6 is 11.6 Å². The molecule has 102 valence electrons. The first-order valence-electron chi connectivity index (χ1n) is 5.88. The summed E-state index contributed by atoms with van der Waals surface area (Å²) in [5.41, 5.74) is 6.84. The number of nitrogens with one attached hydrogen (secondary N) is 1. The van der Waals surface area contributed by atoms with Gasteiger partial charge < -0.3 is 15.8 Å². The second-order valence-corrected chi connectivity index (χ2v) is 4.78. The zero-order chi connectivity index (χ0) is 14.3. The molecule has 3 rings (SSSR count). The highest BCUT2D eigenvalue weighted by Gasteiger charge is 2.28. The maximum Gasteiger partial charge on any atom is 0.245 e. The third kappa shape index (κ3) is 2.11. The number of carbonyl (C=O) groups is 1. The lowest BCUT2D eigenvalue weighted by atomic mass is 10.1. The van der Waals surface area contributed by atoms with Crippen molar-refractivity contribution in [1.82, 2.24) is 0 Å². The second-order valence-electron chi connectivity index (χ2n) is 4.37. The van der Waals surface area contributed by atoms with Crippen molar-refractivity contribution in [3.8, 4) is 11.5 Å². The average molecular weight is 293 g/mol. The number of para-hydroxylation sites is 1. The summed E-state index contributed by atoms with van der Waals surface area (Å²) in [7, 11) is 0. The lowest BCUT2D eigenvalue weighted by molar-refractivity contribution is -0.116. The molecule has 2 aromatic rings. The summed E-state index contributed by atoms with van der Waals surface area (Å²) in [4.78, 5) is 11.5. The third-order valence-electron chi connectivity index (χ3n) is 3.04. The van der Waals surface area contributed by atoms with Gasteiger partial charge in [0.1, 0.15) is 11.8 Å². The molecule has 0 saturated heterocycles. The van der Waals surface area contributed by atoms with Crippen molar-refractivity contribution in [2.24, 2.45) is 5.73 Å². The fourth-order valence-electron chi connectivity index (χ4n) is 2.01. The number of ether oxygens (including phenoxy) is 1. The van der Waals surface area contributed by atoms with Crippen LogP contribution in [0.4, 0.5) is 10.1 Å². The van der Waals surface area contributed by atoms with Crippen molar-refractivity contribution in [1.29, 1.82) is 0 Å². The van der Waals surface area contributed by atoms with Crippen LogP contribution in [-0.2, 0) is 4.79 Å². The van der Waals surface area contributed by atoms with E-state index in [9.17, 15) is 9.18 Å². The molecule has 1 aliphatic heterocycles. The summed E-state index contributed by atoms with van der Waals surface area (Å²) in [6, 6.07) is 8.33. The summed E-state index contributed by atoms with van der Waals surface area (Å²) in [6.45, 7) is 0. The van der Waals surface area contributed by atoms with E-state index < -0.39 is 11.9 Å². The van der Waals surface area contributed by atoms with Crippen LogP contribution in [-0.4, -0.2) is 5.91 Å². The minimum absolute atomic E-state index is 0.0583. The average Bonchev–Trinajstić information content (AvgIpc) is 2.69. The molecule has 6 heteroatoms. The number of carbonyl (C=O) groups excluding carboxylic acids is 1. The maximum atomic E-state index is 13.5. The molecule has 1 aliphatic rings. The number of halogens is 2. The van der Waals surface area contributed by atoms with Gasteiger partial charge in [0.2, 0.25) is 5.91 Å². The lowest BCUT2D eigenvalue weighted by Crippen LogP contribution is -2.19. The van der Waals surface area contributed by atoms with Crippen molar-refractivity contribution >= 4 is 23.2 Å². The normalized spacial score (nSPS) is 16.8. The van der Waals surface area contributed by atoms with E-state index in [1.54, 1.807) is 18.2 Å². The molecule has 4 nitrogen and oxygen atoms in total. The van der Waals surface area contributed by atoms with Gasteiger partial charge >= 0.3 is 0 Å².